The van der Waals surface area contributed by atoms with Gasteiger partial charge >= 0.3 is 5.97 Å². The first kappa shape index (κ1) is 22.6. The summed E-state index contributed by atoms with van der Waals surface area (Å²) in [6, 6.07) is 15.3. The molecule has 7 heteroatoms. The number of hydrogen-bond donors (Lipinski definition) is 1. The summed E-state index contributed by atoms with van der Waals surface area (Å²) in [6.45, 7) is 5.96. The van der Waals surface area contributed by atoms with Crippen molar-refractivity contribution < 1.29 is 14.3 Å². The van der Waals surface area contributed by atoms with Crippen LogP contribution in [0.5, 0.6) is 5.75 Å². The fourth-order valence-electron chi connectivity index (χ4n) is 3.76. The van der Waals surface area contributed by atoms with Gasteiger partial charge in [0.2, 0.25) is 0 Å². The summed E-state index contributed by atoms with van der Waals surface area (Å²) < 4.78 is 10.6. The normalized spacial score (nSPS) is 10.8. The molecule has 0 aliphatic carbocycles. The lowest BCUT2D eigenvalue weighted by atomic mass is 10.0. The van der Waals surface area contributed by atoms with Gasteiger partial charge in [0, 0.05) is 34.1 Å². The van der Waals surface area contributed by atoms with Crippen LogP contribution in [0.15, 0.2) is 60.9 Å². The third-order valence-electron chi connectivity index (χ3n) is 5.20. The minimum absolute atomic E-state index is 0.125. The summed E-state index contributed by atoms with van der Waals surface area (Å²) in [5.41, 5.74) is 6.61. The summed E-state index contributed by atoms with van der Waals surface area (Å²) in [6.07, 6.45) is 3.52. The lowest BCUT2D eigenvalue weighted by Crippen LogP contribution is -2.14. The molecular formula is C26H24ClN3O3. The minimum Gasteiger partial charge on any atom is -0.482 e. The quantitative estimate of drug-likeness (QED) is 0.340. The van der Waals surface area contributed by atoms with E-state index in [0.29, 0.717) is 17.4 Å². The van der Waals surface area contributed by atoms with Gasteiger partial charge in [-0.1, -0.05) is 23.7 Å². The molecule has 1 N–H and O–H groups in total. The summed E-state index contributed by atoms with van der Waals surface area (Å²) in [5.74, 6) is 0.969. The molecule has 0 unspecified atom stereocenters. The highest BCUT2D eigenvalue weighted by Gasteiger charge is 2.18. The molecule has 0 saturated carbocycles. The van der Waals surface area contributed by atoms with E-state index in [-0.39, 0.29) is 6.61 Å². The summed E-state index contributed by atoms with van der Waals surface area (Å²) in [5, 5.41) is 0.671. The molecule has 0 radical (unpaired) electrons. The van der Waals surface area contributed by atoms with Gasteiger partial charge in [0.05, 0.1) is 18.0 Å². The van der Waals surface area contributed by atoms with Gasteiger partial charge in [-0.15, -0.1) is 0 Å². The maximum atomic E-state index is 11.6. The highest BCUT2D eigenvalue weighted by molar-refractivity contribution is 6.30. The third-order valence-corrected chi connectivity index (χ3v) is 5.45. The molecule has 0 aliphatic rings. The summed E-state index contributed by atoms with van der Waals surface area (Å²) >= 11 is 6.10. The van der Waals surface area contributed by atoms with E-state index < -0.39 is 5.97 Å². The van der Waals surface area contributed by atoms with Gasteiger partial charge in [-0.05, 0) is 68.3 Å². The molecule has 0 spiro atoms. The van der Waals surface area contributed by atoms with Crippen molar-refractivity contribution in [1.29, 1.82) is 0 Å². The number of halogens is 1. The van der Waals surface area contributed by atoms with Crippen molar-refractivity contribution in [3.8, 4) is 39.7 Å². The zero-order chi connectivity index (χ0) is 23.4. The van der Waals surface area contributed by atoms with Crippen LogP contribution in [0, 0.1) is 13.8 Å². The van der Waals surface area contributed by atoms with E-state index in [2.05, 4.69) is 9.97 Å². The first-order chi connectivity index (χ1) is 16.0. The number of benzene rings is 2. The molecule has 0 aliphatic heterocycles. The second-order valence-corrected chi connectivity index (χ2v) is 8.01. The number of nitrogens with one attached hydrogen (secondary N) is 1. The number of H-pyrrole nitrogens is 1. The van der Waals surface area contributed by atoms with Crippen molar-refractivity contribution in [2.75, 3.05) is 13.2 Å². The molecule has 168 valence electrons. The fourth-order valence-corrected chi connectivity index (χ4v) is 3.89. The van der Waals surface area contributed by atoms with Crippen molar-refractivity contribution in [2.45, 2.75) is 20.8 Å². The van der Waals surface area contributed by atoms with Crippen LogP contribution in [0.3, 0.4) is 0 Å². The molecule has 4 rings (SSSR count). The van der Waals surface area contributed by atoms with Crippen LogP contribution in [-0.4, -0.2) is 34.1 Å². The van der Waals surface area contributed by atoms with Crippen molar-refractivity contribution in [2.24, 2.45) is 0 Å². The molecule has 2 aromatic heterocycles. The van der Waals surface area contributed by atoms with Gasteiger partial charge in [0.15, 0.2) is 6.61 Å². The number of ether oxygens (including phenoxy) is 2. The molecule has 0 atom stereocenters. The lowest BCUT2D eigenvalue weighted by molar-refractivity contribution is -0.145. The monoisotopic (exact) mass is 461 g/mol. The number of hydrogen-bond acceptors (Lipinski definition) is 5. The van der Waals surface area contributed by atoms with Crippen LogP contribution in [0.25, 0.3) is 33.9 Å². The average Bonchev–Trinajstić information content (AvgIpc) is 3.23. The van der Waals surface area contributed by atoms with Crippen LogP contribution in [0.4, 0.5) is 0 Å². The smallest absolute Gasteiger partial charge is 0.344 e. The number of carbonyl (C=O) groups excluding carboxylic acids is 1. The fraction of sp³-hybridized carbons (Fsp3) is 0.192. The van der Waals surface area contributed by atoms with E-state index in [4.69, 9.17) is 26.1 Å². The molecule has 33 heavy (non-hydrogen) atoms. The Bertz CT molecular complexity index is 1240. The Morgan fingerprint density at radius 2 is 1.67 bits per heavy atom. The van der Waals surface area contributed by atoms with Gasteiger partial charge in [-0.25, -0.2) is 9.78 Å². The van der Waals surface area contributed by atoms with Gasteiger partial charge < -0.3 is 14.5 Å². The van der Waals surface area contributed by atoms with Crippen molar-refractivity contribution in [3.05, 3.63) is 77.1 Å². The zero-order valence-corrected chi connectivity index (χ0v) is 19.4. The van der Waals surface area contributed by atoms with E-state index in [0.717, 1.165) is 45.0 Å². The minimum atomic E-state index is -0.391. The predicted octanol–water partition coefficient (Wildman–Crippen LogP) is 6.02. The Hall–Kier alpha value is -3.64. The number of pyridine rings is 1. The highest BCUT2D eigenvalue weighted by atomic mass is 35.5. The number of imidazole rings is 1. The Labute approximate surface area is 197 Å². The van der Waals surface area contributed by atoms with E-state index in [1.54, 1.807) is 19.3 Å². The van der Waals surface area contributed by atoms with Gasteiger partial charge in [0.1, 0.15) is 11.6 Å². The van der Waals surface area contributed by atoms with Crippen molar-refractivity contribution >= 4 is 17.6 Å². The second-order valence-electron chi connectivity index (χ2n) is 7.58. The predicted molar refractivity (Wildman–Crippen MR) is 129 cm³/mol. The Kier molecular flexibility index (Phi) is 6.75. The van der Waals surface area contributed by atoms with E-state index in [9.17, 15) is 4.79 Å². The summed E-state index contributed by atoms with van der Waals surface area (Å²) in [7, 11) is 0. The zero-order valence-electron chi connectivity index (χ0n) is 18.7. The standard InChI is InChI=1S/C26H24ClN3O3/c1-4-32-22(31)15-33-21-13-16(2)23(17(3)14-21)26-29-24(18-5-7-20(27)8-6-18)25(30-26)19-9-11-28-12-10-19/h5-14H,4,15H2,1-3H3,(H,29,30). The van der Waals surface area contributed by atoms with Crippen LogP contribution in [0.2, 0.25) is 5.02 Å². The van der Waals surface area contributed by atoms with E-state index >= 15 is 0 Å². The number of rotatable bonds is 7. The van der Waals surface area contributed by atoms with Crippen LogP contribution in [0.1, 0.15) is 18.1 Å². The maximum Gasteiger partial charge on any atom is 0.344 e. The number of carbonyl (C=O) groups is 1. The van der Waals surface area contributed by atoms with Crippen LogP contribution < -0.4 is 4.74 Å². The molecular weight excluding hydrogens is 438 g/mol. The van der Waals surface area contributed by atoms with E-state index in [1.807, 2.05) is 62.4 Å². The molecule has 0 fully saturated rings. The van der Waals surface area contributed by atoms with Crippen molar-refractivity contribution in [1.82, 2.24) is 15.0 Å². The second kappa shape index (κ2) is 9.88. The molecule has 0 saturated heterocycles. The maximum absolute atomic E-state index is 11.6. The molecule has 0 amide bonds. The number of aromatic amines is 1. The number of aromatic nitrogens is 3. The number of nitrogens with zero attached hydrogens (tertiary/aromatic N) is 2. The van der Waals surface area contributed by atoms with E-state index in [1.165, 1.54) is 0 Å². The van der Waals surface area contributed by atoms with Gasteiger partial charge in [-0.3, -0.25) is 4.98 Å². The number of aryl methyl sites for hydroxylation is 2. The van der Waals surface area contributed by atoms with Crippen LogP contribution >= 0.6 is 11.6 Å². The first-order valence-corrected chi connectivity index (χ1v) is 11.0. The Morgan fingerprint density at radius 1 is 1.00 bits per heavy atom. The molecule has 0 bridgehead atoms. The Balaban J connectivity index is 1.75. The van der Waals surface area contributed by atoms with Gasteiger partial charge in [-0.2, -0.15) is 0 Å². The largest absolute Gasteiger partial charge is 0.482 e. The Morgan fingerprint density at radius 3 is 2.30 bits per heavy atom. The first-order valence-electron chi connectivity index (χ1n) is 10.6. The van der Waals surface area contributed by atoms with Crippen LogP contribution in [-0.2, 0) is 9.53 Å². The molecule has 2 aromatic carbocycles. The number of esters is 1. The average molecular weight is 462 g/mol. The molecule has 2 heterocycles. The summed E-state index contributed by atoms with van der Waals surface area (Å²) in [4.78, 5) is 24.2. The molecule has 4 aromatic rings. The molecule has 6 nitrogen and oxygen atoms in total. The lowest BCUT2D eigenvalue weighted by Gasteiger charge is -2.12. The van der Waals surface area contributed by atoms with Gasteiger partial charge in [0.25, 0.3) is 0 Å². The topological polar surface area (TPSA) is 77.1 Å². The SMILES string of the molecule is CCOC(=O)COc1cc(C)c(-c2nc(-c3ccc(Cl)cc3)c(-c3ccncc3)[nH]2)c(C)c1. The van der Waals surface area contributed by atoms with Crippen molar-refractivity contribution in [3.63, 3.8) is 0 Å². The third kappa shape index (κ3) is 5.07. The highest BCUT2D eigenvalue weighted by Crippen LogP contribution is 2.36.